The molecule has 4 rings (SSSR count). The van der Waals surface area contributed by atoms with Crippen LogP contribution in [0.4, 0.5) is 0 Å². The summed E-state index contributed by atoms with van der Waals surface area (Å²) in [6, 6.07) is 5.87. The van der Waals surface area contributed by atoms with E-state index in [1.54, 1.807) is 18.2 Å². The molecule has 1 N–H and O–H groups in total. The molecule has 2 aliphatic rings. The molecule has 0 spiro atoms. The van der Waals surface area contributed by atoms with Crippen LogP contribution in [-0.4, -0.2) is 48.3 Å². The fraction of sp³-hybridized carbons (Fsp3) is 0.500. The van der Waals surface area contributed by atoms with E-state index < -0.39 is 0 Å². The van der Waals surface area contributed by atoms with Crippen molar-refractivity contribution in [3.05, 3.63) is 36.0 Å². The molecule has 1 amide bonds. The summed E-state index contributed by atoms with van der Waals surface area (Å²) in [6.45, 7) is 7.49. The van der Waals surface area contributed by atoms with Crippen molar-refractivity contribution in [2.24, 2.45) is 5.92 Å². The number of carbonyl (C=O) groups excluding carboxylic acids is 1. The lowest BCUT2D eigenvalue weighted by Gasteiger charge is -2.20. The van der Waals surface area contributed by atoms with Crippen molar-refractivity contribution in [1.29, 1.82) is 0 Å². The summed E-state index contributed by atoms with van der Waals surface area (Å²) >= 11 is 0. The summed E-state index contributed by atoms with van der Waals surface area (Å²) in [4.78, 5) is 19.0. The van der Waals surface area contributed by atoms with E-state index in [9.17, 15) is 4.79 Å². The zero-order chi connectivity index (χ0) is 19.5. The Bertz CT molecular complexity index is 835. The zero-order valence-electron chi connectivity index (χ0n) is 16.1. The topological polar surface area (TPSA) is 86.1 Å². The second-order valence-corrected chi connectivity index (χ2v) is 7.38. The first kappa shape index (κ1) is 18.6. The van der Waals surface area contributed by atoms with Crippen LogP contribution in [0.25, 0.3) is 0 Å². The first-order valence-electron chi connectivity index (χ1n) is 9.57. The first-order chi connectivity index (χ1) is 13.6. The van der Waals surface area contributed by atoms with Gasteiger partial charge in [0.1, 0.15) is 12.0 Å². The number of benzene rings is 1. The number of ether oxygens (including phenoxy) is 3. The highest BCUT2D eigenvalue weighted by molar-refractivity contribution is 5.91. The van der Waals surface area contributed by atoms with Crippen molar-refractivity contribution < 1.29 is 23.4 Å². The Balaban J connectivity index is 1.25. The molecule has 2 aliphatic heterocycles. The number of fused-ring (bicyclic) bond motifs is 1. The van der Waals surface area contributed by atoms with Gasteiger partial charge in [0, 0.05) is 25.2 Å². The molecule has 8 heteroatoms. The van der Waals surface area contributed by atoms with Crippen molar-refractivity contribution in [1.82, 2.24) is 15.2 Å². The summed E-state index contributed by atoms with van der Waals surface area (Å²) in [7, 11) is 0. The molecule has 1 aromatic heterocycles. The van der Waals surface area contributed by atoms with Crippen LogP contribution in [0.2, 0.25) is 0 Å². The van der Waals surface area contributed by atoms with Gasteiger partial charge in [-0.05, 0) is 44.9 Å². The lowest BCUT2D eigenvalue weighted by Crippen LogP contribution is -2.33. The molecule has 28 heavy (non-hydrogen) atoms. The minimum atomic E-state index is -0.221. The Morgan fingerprint density at radius 3 is 3.04 bits per heavy atom. The largest absolute Gasteiger partial charge is 0.484 e. The predicted molar refractivity (Wildman–Crippen MR) is 101 cm³/mol. The Hall–Kier alpha value is -2.74. The molecule has 0 radical (unpaired) electrons. The van der Waals surface area contributed by atoms with E-state index in [0.29, 0.717) is 41.6 Å². The summed E-state index contributed by atoms with van der Waals surface area (Å²) in [5.74, 6) is 2.56. The molecule has 1 saturated heterocycles. The van der Waals surface area contributed by atoms with Crippen LogP contribution in [-0.2, 0) is 6.61 Å². The lowest BCUT2D eigenvalue weighted by atomic mass is 10.1. The number of hydrogen-bond acceptors (Lipinski definition) is 7. The third kappa shape index (κ3) is 4.22. The molecule has 1 aromatic carbocycles. The number of aromatic nitrogens is 1. The maximum Gasteiger partial charge on any atom is 0.273 e. The fourth-order valence-corrected chi connectivity index (χ4v) is 3.42. The minimum Gasteiger partial charge on any atom is -0.484 e. The van der Waals surface area contributed by atoms with E-state index in [1.165, 1.54) is 6.26 Å². The smallest absolute Gasteiger partial charge is 0.273 e. The molecular weight excluding hydrogens is 362 g/mol. The average Bonchev–Trinajstić information content (AvgIpc) is 3.44. The maximum atomic E-state index is 12.3. The predicted octanol–water partition coefficient (Wildman–Crippen LogP) is 2.44. The number of amides is 1. The molecule has 0 bridgehead atoms. The molecule has 0 aliphatic carbocycles. The highest BCUT2D eigenvalue weighted by atomic mass is 16.7. The normalized spacial score (nSPS) is 18.6. The number of nitrogens with one attached hydrogen (secondary N) is 1. The Kier molecular flexibility index (Phi) is 5.38. The van der Waals surface area contributed by atoms with E-state index in [0.717, 1.165) is 19.5 Å². The van der Waals surface area contributed by atoms with E-state index in [1.807, 2.05) is 0 Å². The second-order valence-electron chi connectivity index (χ2n) is 7.38. The zero-order valence-corrected chi connectivity index (χ0v) is 16.1. The van der Waals surface area contributed by atoms with E-state index in [-0.39, 0.29) is 25.0 Å². The highest BCUT2D eigenvalue weighted by Gasteiger charge is 2.25. The maximum absolute atomic E-state index is 12.3. The van der Waals surface area contributed by atoms with Crippen molar-refractivity contribution in [3.63, 3.8) is 0 Å². The van der Waals surface area contributed by atoms with Crippen molar-refractivity contribution in [2.75, 3.05) is 26.4 Å². The van der Waals surface area contributed by atoms with Gasteiger partial charge in [0.05, 0.1) is 0 Å². The number of likely N-dealkylation sites (tertiary alicyclic amines) is 1. The van der Waals surface area contributed by atoms with Gasteiger partial charge in [-0.25, -0.2) is 4.98 Å². The Labute approximate surface area is 163 Å². The first-order valence-corrected chi connectivity index (χ1v) is 9.57. The van der Waals surface area contributed by atoms with Crippen LogP contribution < -0.4 is 19.5 Å². The quantitative estimate of drug-likeness (QED) is 0.781. The number of nitrogens with zero attached hydrogens (tertiary/aromatic N) is 2. The summed E-state index contributed by atoms with van der Waals surface area (Å²) in [5, 5.41) is 2.96. The van der Waals surface area contributed by atoms with Crippen LogP contribution in [0, 0.1) is 5.92 Å². The van der Waals surface area contributed by atoms with Crippen LogP contribution in [0.5, 0.6) is 17.2 Å². The Morgan fingerprint density at radius 1 is 1.36 bits per heavy atom. The third-order valence-electron chi connectivity index (χ3n) is 5.09. The lowest BCUT2D eigenvalue weighted by molar-refractivity contribution is 0.0942. The third-order valence-corrected chi connectivity index (χ3v) is 5.09. The van der Waals surface area contributed by atoms with Gasteiger partial charge in [-0.3, -0.25) is 4.79 Å². The molecule has 150 valence electrons. The number of oxazole rings is 1. The van der Waals surface area contributed by atoms with E-state index >= 15 is 0 Å². The molecule has 2 aromatic rings. The summed E-state index contributed by atoms with van der Waals surface area (Å²) in [6.07, 6.45) is 2.47. The van der Waals surface area contributed by atoms with Crippen molar-refractivity contribution in [3.8, 4) is 17.2 Å². The van der Waals surface area contributed by atoms with Crippen molar-refractivity contribution in [2.45, 2.75) is 32.9 Å². The second kappa shape index (κ2) is 8.10. The van der Waals surface area contributed by atoms with Gasteiger partial charge in [-0.2, -0.15) is 0 Å². The minimum absolute atomic E-state index is 0.124. The van der Waals surface area contributed by atoms with Gasteiger partial charge in [0.25, 0.3) is 5.91 Å². The fourth-order valence-electron chi connectivity index (χ4n) is 3.42. The van der Waals surface area contributed by atoms with E-state index in [2.05, 4.69) is 29.0 Å². The molecule has 3 heterocycles. The van der Waals surface area contributed by atoms with Crippen LogP contribution in [0.15, 0.2) is 28.9 Å². The SMILES string of the molecule is CC(C)N1CCC(CNC(=O)c2coc(COc3ccc4c(c3)OCO4)n2)C1. The molecule has 1 fully saturated rings. The standard InChI is InChI=1S/C20H25N3O5/c1-13(2)23-6-5-14(9-23)8-21-20(24)16-10-26-19(22-16)11-25-15-3-4-17-18(7-15)28-12-27-17/h3-4,7,10,13-14H,5-6,8-9,11-12H2,1-2H3,(H,21,24). The number of hydrogen-bond donors (Lipinski definition) is 1. The van der Waals surface area contributed by atoms with Gasteiger partial charge >= 0.3 is 0 Å². The Morgan fingerprint density at radius 2 is 2.21 bits per heavy atom. The highest BCUT2D eigenvalue weighted by Crippen LogP contribution is 2.35. The van der Waals surface area contributed by atoms with E-state index in [4.69, 9.17) is 18.6 Å². The van der Waals surface area contributed by atoms with Gasteiger partial charge in [0.2, 0.25) is 12.7 Å². The van der Waals surface area contributed by atoms with Crippen molar-refractivity contribution >= 4 is 5.91 Å². The van der Waals surface area contributed by atoms with Crippen LogP contribution >= 0.6 is 0 Å². The number of rotatable bonds is 7. The van der Waals surface area contributed by atoms with Gasteiger partial charge < -0.3 is 28.8 Å². The van der Waals surface area contributed by atoms with Crippen LogP contribution in [0.3, 0.4) is 0 Å². The molecule has 1 atom stereocenters. The monoisotopic (exact) mass is 387 g/mol. The molecular formula is C20H25N3O5. The van der Waals surface area contributed by atoms with Gasteiger partial charge in [-0.15, -0.1) is 0 Å². The summed E-state index contributed by atoms with van der Waals surface area (Å²) in [5.41, 5.74) is 0.267. The van der Waals surface area contributed by atoms with Gasteiger partial charge in [0.15, 0.2) is 23.8 Å². The molecule has 1 unspecified atom stereocenters. The molecule has 0 saturated carbocycles. The summed E-state index contributed by atoms with van der Waals surface area (Å²) < 4.78 is 21.6. The van der Waals surface area contributed by atoms with Gasteiger partial charge in [-0.1, -0.05) is 0 Å². The number of carbonyl (C=O) groups is 1. The average molecular weight is 387 g/mol. The molecule has 8 nitrogen and oxygen atoms in total. The van der Waals surface area contributed by atoms with Crippen LogP contribution in [0.1, 0.15) is 36.6 Å².